The minimum absolute atomic E-state index is 0.126. The summed E-state index contributed by atoms with van der Waals surface area (Å²) in [5.74, 6) is 0. The summed E-state index contributed by atoms with van der Waals surface area (Å²) in [4.78, 5) is 0. The second-order valence-corrected chi connectivity index (χ2v) is 8.00. The average Bonchev–Trinajstić information content (AvgIpc) is 2.47. The second kappa shape index (κ2) is 8.95. The first kappa shape index (κ1) is 17.8. The summed E-state index contributed by atoms with van der Waals surface area (Å²) in [6.45, 7) is 9.92. The zero-order valence-corrected chi connectivity index (χ0v) is 15.4. The van der Waals surface area contributed by atoms with Crippen molar-refractivity contribution in [2.24, 2.45) is 0 Å². The van der Waals surface area contributed by atoms with Gasteiger partial charge in [-0.1, -0.05) is 47.1 Å². The van der Waals surface area contributed by atoms with Crippen molar-refractivity contribution < 1.29 is 13.3 Å². The Kier molecular flexibility index (Phi) is 7.98. The molecule has 0 saturated carbocycles. The molecule has 0 fully saturated rings. The van der Waals surface area contributed by atoms with E-state index in [0.717, 1.165) is 5.33 Å². The van der Waals surface area contributed by atoms with Gasteiger partial charge in [0.2, 0.25) is 0 Å². The van der Waals surface area contributed by atoms with Crippen LogP contribution < -0.4 is 0 Å². The number of alkyl halides is 1. The Hall–Kier alpha value is -0.203. The third-order valence-electron chi connectivity index (χ3n) is 3.17. The van der Waals surface area contributed by atoms with Crippen LogP contribution in [0.15, 0.2) is 24.3 Å². The molecule has 0 amide bonds. The Morgan fingerprint density at radius 3 is 2.05 bits per heavy atom. The predicted octanol–water partition coefficient (Wildman–Crippen LogP) is 4.27. The van der Waals surface area contributed by atoms with E-state index in [1.54, 1.807) is 0 Å². The van der Waals surface area contributed by atoms with Gasteiger partial charge in [0.05, 0.1) is 5.54 Å². The zero-order chi connectivity index (χ0) is 15.0. The fraction of sp³-hybridized carbons (Fsp3) is 0.600. The Morgan fingerprint density at radius 2 is 1.60 bits per heavy atom. The first-order valence-electron chi connectivity index (χ1n) is 7.20. The molecule has 0 aromatic heterocycles. The number of hydrogen-bond donors (Lipinski definition) is 0. The van der Waals surface area contributed by atoms with Crippen molar-refractivity contribution in [2.45, 2.75) is 38.6 Å². The molecule has 114 valence electrons. The minimum Gasteiger partial charge on any atom is -0.373 e. The highest BCUT2D eigenvalue weighted by atomic mass is 79.9. The summed E-state index contributed by atoms with van der Waals surface area (Å²) in [5, 5.41) is 0.847. The molecule has 1 atom stereocenters. The number of hydrogen-bond acceptors (Lipinski definition) is 3. The monoisotopic (exact) mass is 360 g/mol. The van der Waals surface area contributed by atoms with Gasteiger partial charge in [-0.2, -0.15) is 0 Å². The molecule has 1 aromatic carbocycles. The summed E-state index contributed by atoms with van der Waals surface area (Å²) >= 11 is 3.50. The van der Waals surface area contributed by atoms with E-state index < -0.39 is 8.80 Å². The number of benzene rings is 1. The van der Waals surface area contributed by atoms with Gasteiger partial charge in [0, 0.05) is 25.2 Å². The van der Waals surface area contributed by atoms with Gasteiger partial charge >= 0.3 is 8.80 Å². The van der Waals surface area contributed by atoms with Crippen LogP contribution in [-0.2, 0) is 18.6 Å². The van der Waals surface area contributed by atoms with E-state index in [9.17, 15) is 0 Å². The number of halogens is 1. The minimum atomic E-state index is -2.69. The normalized spacial score (nSPS) is 13.4. The molecular weight excluding hydrogens is 336 g/mol. The topological polar surface area (TPSA) is 27.7 Å². The first-order valence-corrected chi connectivity index (χ1v) is 10.1. The van der Waals surface area contributed by atoms with Crippen LogP contribution in [0.2, 0.25) is 0 Å². The highest BCUT2D eigenvalue weighted by molar-refractivity contribution is 9.08. The molecule has 0 saturated heterocycles. The zero-order valence-electron chi connectivity index (χ0n) is 12.8. The molecule has 0 aliphatic rings. The van der Waals surface area contributed by atoms with Crippen LogP contribution in [0.5, 0.6) is 0 Å². The SMILES string of the molecule is CCO[Si](OCC)(OCC)C(C)c1cccc(CBr)c1. The molecule has 0 aliphatic heterocycles. The maximum Gasteiger partial charge on any atom is 0.508 e. The third-order valence-corrected chi connectivity index (χ3v) is 7.29. The van der Waals surface area contributed by atoms with Crippen LogP contribution in [0, 0.1) is 0 Å². The third kappa shape index (κ3) is 4.40. The van der Waals surface area contributed by atoms with Gasteiger partial charge in [-0.3, -0.25) is 0 Å². The maximum atomic E-state index is 5.98. The quantitative estimate of drug-likeness (QED) is 0.486. The highest BCUT2D eigenvalue weighted by Crippen LogP contribution is 2.30. The van der Waals surface area contributed by atoms with Crippen LogP contribution in [0.1, 0.15) is 44.4 Å². The molecule has 0 heterocycles. The Balaban J connectivity index is 3.09. The van der Waals surface area contributed by atoms with Gasteiger partial charge in [-0.05, 0) is 31.9 Å². The molecule has 0 spiro atoms. The molecule has 0 aliphatic carbocycles. The lowest BCUT2D eigenvalue weighted by atomic mass is 10.1. The van der Waals surface area contributed by atoms with Gasteiger partial charge in [0.25, 0.3) is 0 Å². The summed E-state index contributed by atoms with van der Waals surface area (Å²) in [6, 6.07) is 8.50. The van der Waals surface area contributed by atoms with Crippen LogP contribution in [0.3, 0.4) is 0 Å². The molecule has 1 unspecified atom stereocenters. The second-order valence-electron chi connectivity index (χ2n) is 4.50. The fourth-order valence-electron chi connectivity index (χ4n) is 2.25. The Bertz CT molecular complexity index is 383. The van der Waals surface area contributed by atoms with Gasteiger partial charge in [0.1, 0.15) is 0 Å². The Labute approximate surface area is 132 Å². The predicted molar refractivity (Wildman–Crippen MR) is 88.1 cm³/mol. The molecule has 0 N–H and O–H groups in total. The summed E-state index contributed by atoms with van der Waals surface area (Å²) < 4.78 is 17.9. The summed E-state index contributed by atoms with van der Waals surface area (Å²) in [6.07, 6.45) is 0. The maximum absolute atomic E-state index is 5.98. The number of rotatable bonds is 9. The first-order chi connectivity index (χ1) is 9.63. The van der Waals surface area contributed by atoms with Gasteiger partial charge in [0.15, 0.2) is 0 Å². The van der Waals surface area contributed by atoms with Crippen molar-refractivity contribution >= 4 is 24.7 Å². The van der Waals surface area contributed by atoms with Crippen molar-refractivity contribution in [3.63, 3.8) is 0 Å². The van der Waals surface area contributed by atoms with E-state index in [-0.39, 0.29) is 5.54 Å². The van der Waals surface area contributed by atoms with Crippen molar-refractivity contribution in [1.82, 2.24) is 0 Å². The van der Waals surface area contributed by atoms with E-state index in [0.29, 0.717) is 19.8 Å². The van der Waals surface area contributed by atoms with E-state index in [1.165, 1.54) is 11.1 Å². The van der Waals surface area contributed by atoms with Gasteiger partial charge in [-0.25, -0.2) is 0 Å². The Morgan fingerprint density at radius 1 is 1.05 bits per heavy atom. The van der Waals surface area contributed by atoms with E-state index >= 15 is 0 Å². The summed E-state index contributed by atoms with van der Waals surface area (Å²) in [5.41, 5.74) is 2.59. The largest absolute Gasteiger partial charge is 0.508 e. The van der Waals surface area contributed by atoms with Crippen LogP contribution >= 0.6 is 15.9 Å². The standard InChI is InChI=1S/C15H25BrO3Si/c1-5-17-20(18-6-2,19-7-3)13(4)15-10-8-9-14(11-15)12-16/h8-11,13H,5-7,12H2,1-4H3. The van der Waals surface area contributed by atoms with Crippen LogP contribution in [0.25, 0.3) is 0 Å². The van der Waals surface area contributed by atoms with Crippen molar-refractivity contribution in [3.8, 4) is 0 Å². The van der Waals surface area contributed by atoms with Crippen LogP contribution in [0.4, 0.5) is 0 Å². The van der Waals surface area contributed by atoms with Gasteiger partial charge < -0.3 is 13.3 Å². The smallest absolute Gasteiger partial charge is 0.373 e. The molecule has 5 heteroatoms. The molecule has 0 bridgehead atoms. The average molecular weight is 361 g/mol. The lowest BCUT2D eigenvalue weighted by molar-refractivity contribution is 0.0633. The lowest BCUT2D eigenvalue weighted by Crippen LogP contribution is -2.51. The molecule has 1 rings (SSSR count). The molecule has 3 nitrogen and oxygen atoms in total. The fourth-order valence-corrected chi connectivity index (χ4v) is 5.40. The van der Waals surface area contributed by atoms with Crippen molar-refractivity contribution in [2.75, 3.05) is 19.8 Å². The van der Waals surface area contributed by atoms with Crippen LogP contribution in [-0.4, -0.2) is 28.6 Å². The van der Waals surface area contributed by atoms with Crippen molar-refractivity contribution in [1.29, 1.82) is 0 Å². The molecule has 0 radical (unpaired) electrons. The molecular formula is C15H25BrO3Si. The van der Waals surface area contributed by atoms with E-state index in [1.807, 2.05) is 20.8 Å². The van der Waals surface area contributed by atoms with E-state index in [2.05, 4.69) is 47.1 Å². The van der Waals surface area contributed by atoms with Crippen molar-refractivity contribution in [3.05, 3.63) is 35.4 Å². The highest BCUT2D eigenvalue weighted by Gasteiger charge is 2.47. The lowest BCUT2D eigenvalue weighted by Gasteiger charge is -2.33. The van der Waals surface area contributed by atoms with Gasteiger partial charge in [-0.15, -0.1) is 0 Å². The van der Waals surface area contributed by atoms with E-state index in [4.69, 9.17) is 13.3 Å². The molecule has 1 aromatic rings. The molecule has 20 heavy (non-hydrogen) atoms. The summed E-state index contributed by atoms with van der Waals surface area (Å²) in [7, 11) is -2.69.